The van der Waals surface area contributed by atoms with Crippen LogP contribution < -0.4 is 4.72 Å². The summed E-state index contributed by atoms with van der Waals surface area (Å²) < 4.78 is 53.1. The minimum absolute atomic E-state index is 0.0635. The first-order valence-corrected chi connectivity index (χ1v) is 11.2. The molecule has 0 aliphatic heterocycles. The molecule has 0 atom stereocenters. The molecule has 0 bridgehead atoms. The van der Waals surface area contributed by atoms with Gasteiger partial charge in [0.1, 0.15) is 4.90 Å². The highest BCUT2D eigenvalue weighted by Crippen LogP contribution is 2.29. The van der Waals surface area contributed by atoms with E-state index in [0.717, 1.165) is 12.3 Å². The summed E-state index contributed by atoms with van der Waals surface area (Å²) in [6, 6.07) is 3.64. The van der Waals surface area contributed by atoms with Crippen LogP contribution >= 0.6 is 11.6 Å². The molecule has 1 aromatic carbocycles. The molecule has 0 aliphatic carbocycles. The molecular formula is C15H20ClN3O4S2. The predicted molar refractivity (Wildman–Crippen MR) is 97.5 cm³/mol. The van der Waals surface area contributed by atoms with Crippen molar-refractivity contribution >= 4 is 37.1 Å². The van der Waals surface area contributed by atoms with Gasteiger partial charge in [-0.1, -0.05) is 11.6 Å². The van der Waals surface area contributed by atoms with Gasteiger partial charge in [-0.15, -0.1) is 0 Å². The van der Waals surface area contributed by atoms with Crippen LogP contribution in [0.1, 0.15) is 31.3 Å². The molecule has 10 heteroatoms. The second-order valence-electron chi connectivity index (χ2n) is 6.05. The van der Waals surface area contributed by atoms with E-state index in [2.05, 4.69) is 9.82 Å². The Morgan fingerprint density at radius 3 is 2.24 bits per heavy atom. The van der Waals surface area contributed by atoms with Crippen molar-refractivity contribution in [3.8, 4) is 0 Å². The Labute approximate surface area is 153 Å². The molecule has 0 saturated carbocycles. The first-order chi connectivity index (χ1) is 11.3. The van der Waals surface area contributed by atoms with Crippen LogP contribution in [0.25, 0.3) is 0 Å². The molecule has 0 unspecified atom stereocenters. The summed E-state index contributed by atoms with van der Waals surface area (Å²) in [6.45, 7) is 7.32. The number of aryl methyl sites for hydroxylation is 1. The lowest BCUT2D eigenvalue weighted by Gasteiger charge is -2.12. The van der Waals surface area contributed by atoms with Crippen LogP contribution in [0.15, 0.2) is 28.0 Å². The quantitative estimate of drug-likeness (QED) is 0.824. The second kappa shape index (κ2) is 6.62. The lowest BCUT2D eigenvalue weighted by molar-refractivity contribution is 0.516. The molecule has 0 amide bonds. The zero-order valence-electron chi connectivity index (χ0n) is 14.5. The van der Waals surface area contributed by atoms with E-state index >= 15 is 0 Å². The summed E-state index contributed by atoms with van der Waals surface area (Å²) >= 11 is 6.00. The van der Waals surface area contributed by atoms with Crippen LogP contribution in [0.4, 0.5) is 5.69 Å². The third kappa shape index (κ3) is 3.99. The van der Waals surface area contributed by atoms with Crippen molar-refractivity contribution in [3.05, 3.63) is 34.6 Å². The summed E-state index contributed by atoms with van der Waals surface area (Å²) in [4.78, 5) is -0.420. The standard InChI is InChI=1S/C15H20ClN3O4S2/c1-9(2)19-11(4)15(10(3)17-19)18-25(22,23)14-8-12(24(5,20)21)6-7-13(14)16/h6-9,18H,1-5H3. The van der Waals surface area contributed by atoms with E-state index in [4.69, 9.17) is 11.6 Å². The fourth-order valence-electron chi connectivity index (χ4n) is 2.42. The number of benzene rings is 1. The molecular weight excluding hydrogens is 386 g/mol. The molecule has 138 valence electrons. The van der Waals surface area contributed by atoms with Crippen LogP contribution in [-0.2, 0) is 19.9 Å². The minimum atomic E-state index is -4.08. The van der Waals surface area contributed by atoms with E-state index in [9.17, 15) is 16.8 Å². The molecule has 0 radical (unpaired) electrons. The van der Waals surface area contributed by atoms with Crippen molar-refractivity contribution in [2.45, 2.75) is 43.5 Å². The molecule has 0 fully saturated rings. The third-order valence-electron chi connectivity index (χ3n) is 3.67. The lowest BCUT2D eigenvalue weighted by atomic mass is 10.3. The maximum absolute atomic E-state index is 12.8. The number of sulfone groups is 1. The van der Waals surface area contributed by atoms with Gasteiger partial charge in [-0.25, -0.2) is 16.8 Å². The van der Waals surface area contributed by atoms with Crippen molar-refractivity contribution in [2.75, 3.05) is 11.0 Å². The molecule has 1 N–H and O–H groups in total. The SMILES string of the molecule is Cc1nn(C(C)C)c(C)c1NS(=O)(=O)c1cc(S(C)(=O)=O)ccc1Cl. The van der Waals surface area contributed by atoms with E-state index in [1.54, 1.807) is 18.5 Å². The summed E-state index contributed by atoms with van der Waals surface area (Å²) in [5, 5.41) is 4.26. The van der Waals surface area contributed by atoms with Gasteiger partial charge in [0.2, 0.25) is 0 Å². The predicted octanol–water partition coefficient (Wildman–Crippen LogP) is 2.94. The highest BCUT2D eigenvalue weighted by molar-refractivity contribution is 7.93. The van der Waals surface area contributed by atoms with Crippen LogP contribution in [0.2, 0.25) is 5.02 Å². The van der Waals surface area contributed by atoms with Crippen molar-refractivity contribution in [1.82, 2.24) is 9.78 Å². The highest BCUT2D eigenvalue weighted by Gasteiger charge is 2.24. The first kappa shape index (κ1) is 19.7. The number of anilines is 1. The van der Waals surface area contributed by atoms with Gasteiger partial charge in [0, 0.05) is 12.3 Å². The van der Waals surface area contributed by atoms with E-state index in [1.165, 1.54) is 12.1 Å². The van der Waals surface area contributed by atoms with Gasteiger partial charge in [0.15, 0.2) is 9.84 Å². The molecule has 0 aliphatic rings. The van der Waals surface area contributed by atoms with Crippen LogP contribution in [0, 0.1) is 13.8 Å². The van der Waals surface area contributed by atoms with Crippen molar-refractivity contribution < 1.29 is 16.8 Å². The summed E-state index contributed by atoms with van der Waals surface area (Å²) in [7, 11) is -7.65. The second-order valence-corrected chi connectivity index (χ2v) is 10.1. The number of rotatable bonds is 5. The molecule has 0 spiro atoms. The average Bonchev–Trinajstić information content (AvgIpc) is 2.74. The number of nitrogens with one attached hydrogen (secondary N) is 1. The molecule has 7 nitrogen and oxygen atoms in total. The monoisotopic (exact) mass is 405 g/mol. The van der Waals surface area contributed by atoms with Crippen LogP contribution in [0.5, 0.6) is 0 Å². The topological polar surface area (TPSA) is 98.1 Å². The van der Waals surface area contributed by atoms with E-state index in [0.29, 0.717) is 17.1 Å². The largest absolute Gasteiger partial charge is 0.276 e. The number of hydrogen-bond donors (Lipinski definition) is 1. The number of nitrogens with zero attached hydrogens (tertiary/aromatic N) is 2. The van der Waals surface area contributed by atoms with Gasteiger partial charge < -0.3 is 0 Å². The van der Waals surface area contributed by atoms with Crippen LogP contribution in [0.3, 0.4) is 0 Å². The zero-order chi connectivity index (χ0) is 19.2. The molecule has 25 heavy (non-hydrogen) atoms. The maximum Gasteiger partial charge on any atom is 0.263 e. The average molecular weight is 406 g/mol. The summed E-state index contributed by atoms with van der Waals surface area (Å²) in [6.07, 6.45) is 1.00. The van der Waals surface area contributed by atoms with E-state index in [-0.39, 0.29) is 20.9 Å². The number of sulfonamides is 1. The minimum Gasteiger partial charge on any atom is -0.276 e. The van der Waals surface area contributed by atoms with Gasteiger partial charge in [0.25, 0.3) is 10.0 Å². The van der Waals surface area contributed by atoms with Gasteiger partial charge in [-0.05, 0) is 45.9 Å². The Hall–Kier alpha value is -1.58. The van der Waals surface area contributed by atoms with Crippen molar-refractivity contribution in [2.24, 2.45) is 0 Å². The molecule has 0 saturated heterocycles. The Morgan fingerprint density at radius 1 is 1.16 bits per heavy atom. The van der Waals surface area contributed by atoms with Crippen molar-refractivity contribution in [3.63, 3.8) is 0 Å². The fourth-order valence-corrected chi connectivity index (χ4v) is 4.85. The normalized spacial score (nSPS) is 12.6. The Kier molecular flexibility index (Phi) is 5.23. The summed E-state index contributed by atoms with van der Waals surface area (Å²) in [5.74, 6) is 0. The van der Waals surface area contributed by atoms with Crippen LogP contribution in [-0.4, -0.2) is 32.9 Å². The lowest BCUT2D eigenvalue weighted by Crippen LogP contribution is -2.15. The number of halogens is 1. The van der Waals surface area contributed by atoms with Gasteiger partial charge >= 0.3 is 0 Å². The highest BCUT2D eigenvalue weighted by atomic mass is 35.5. The molecule has 1 heterocycles. The van der Waals surface area contributed by atoms with Gasteiger partial charge in [0.05, 0.1) is 27.0 Å². The number of hydrogen-bond acceptors (Lipinski definition) is 5. The van der Waals surface area contributed by atoms with Crippen molar-refractivity contribution in [1.29, 1.82) is 0 Å². The molecule has 2 aromatic rings. The van der Waals surface area contributed by atoms with Gasteiger partial charge in [-0.2, -0.15) is 5.10 Å². The maximum atomic E-state index is 12.8. The first-order valence-electron chi connectivity index (χ1n) is 7.42. The Balaban J connectivity index is 2.55. The Bertz CT molecular complexity index is 1030. The van der Waals surface area contributed by atoms with E-state index in [1.807, 2.05) is 13.8 Å². The van der Waals surface area contributed by atoms with E-state index < -0.39 is 19.9 Å². The molecule has 2 rings (SSSR count). The Morgan fingerprint density at radius 2 is 1.76 bits per heavy atom. The smallest absolute Gasteiger partial charge is 0.263 e. The number of aromatic nitrogens is 2. The summed E-state index contributed by atoms with van der Waals surface area (Å²) in [5.41, 5.74) is 1.53. The zero-order valence-corrected chi connectivity index (χ0v) is 16.9. The third-order valence-corrected chi connectivity index (χ3v) is 6.61. The fraction of sp³-hybridized carbons (Fsp3) is 0.400. The molecule has 1 aromatic heterocycles. The van der Waals surface area contributed by atoms with Gasteiger partial charge in [-0.3, -0.25) is 9.40 Å².